The van der Waals surface area contributed by atoms with E-state index in [1.165, 1.54) is 13.2 Å². The molecule has 21 heavy (non-hydrogen) atoms. The minimum atomic E-state index is -0.491. The van der Waals surface area contributed by atoms with Crippen LogP contribution in [-0.2, 0) is 0 Å². The number of methoxy groups -OCH3 is 1. The van der Waals surface area contributed by atoms with E-state index in [1.807, 2.05) is 6.07 Å². The first-order chi connectivity index (χ1) is 9.98. The van der Waals surface area contributed by atoms with Crippen molar-refractivity contribution in [3.05, 3.63) is 35.0 Å². The molecule has 0 aliphatic heterocycles. The number of hydrogen-bond acceptors (Lipinski definition) is 7. The molecule has 0 atom stereocenters. The van der Waals surface area contributed by atoms with Crippen LogP contribution >= 0.6 is 0 Å². The fourth-order valence-corrected chi connectivity index (χ4v) is 1.51. The van der Waals surface area contributed by atoms with Gasteiger partial charge in [0.2, 0.25) is 5.75 Å². The summed E-state index contributed by atoms with van der Waals surface area (Å²) in [5, 5.41) is 45.6. The van der Waals surface area contributed by atoms with Crippen LogP contribution < -0.4 is 10.5 Å². The first-order valence-electron chi connectivity index (χ1n) is 5.50. The molecule has 7 heteroatoms. The van der Waals surface area contributed by atoms with Gasteiger partial charge in [-0.1, -0.05) is 0 Å². The van der Waals surface area contributed by atoms with E-state index in [2.05, 4.69) is 0 Å². The van der Waals surface area contributed by atoms with Crippen molar-refractivity contribution in [1.82, 2.24) is 0 Å². The summed E-state index contributed by atoms with van der Waals surface area (Å²) in [6.07, 6.45) is 1.05. The third-order valence-electron chi connectivity index (χ3n) is 2.50. The average Bonchev–Trinajstić information content (AvgIpc) is 2.48. The quantitative estimate of drug-likeness (QED) is 0.429. The Morgan fingerprint density at radius 2 is 1.81 bits per heavy atom. The van der Waals surface area contributed by atoms with Crippen molar-refractivity contribution in [1.29, 1.82) is 15.8 Å². The molecule has 1 rings (SSSR count). The second-order valence-electron chi connectivity index (χ2n) is 3.77. The molecule has 7 nitrogen and oxygen atoms in total. The summed E-state index contributed by atoms with van der Waals surface area (Å²) < 4.78 is 4.86. The number of nitriles is 3. The van der Waals surface area contributed by atoms with Gasteiger partial charge in [0.25, 0.3) is 0 Å². The molecule has 0 aliphatic carbocycles. The number of hydrogen-bond donors (Lipinski definition) is 3. The third kappa shape index (κ3) is 3.23. The molecule has 0 saturated heterocycles. The molecule has 1 aromatic carbocycles. The number of phenols is 2. The van der Waals surface area contributed by atoms with Crippen molar-refractivity contribution in [2.75, 3.05) is 7.11 Å². The van der Waals surface area contributed by atoms with E-state index < -0.39 is 11.5 Å². The van der Waals surface area contributed by atoms with Gasteiger partial charge < -0.3 is 20.7 Å². The average molecular weight is 282 g/mol. The van der Waals surface area contributed by atoms with Crippen molar-refractivity contribution >= 4 is 5.57 Å². The molecule has 0 aliphatic rings. The van der Waals surface area contributed by atoms with Crippen molar-refractivity contribution in [3.63, 3.8) is 0 Å². The highest BCUT2D eigenvalue weighted by Gasteiger charge is 2.14. The number of benzene rings is 1. The molecule has 0 radical (unpaired) electrons. The summed E-state index contributed by atoms with van der Waals surface area (Å²) in [5.41, 5.74) is 5.39. The molecule has 4 N–H and O–H groups in total. The molecule has 0 amide bonds. The van der Waals surface area contributed by atoms with E-state index in [0.717, 1.165) is 12.1 Å². The van der Waals surface area contributed by atoms with Gasteiger partial charge in [0.1, 0.15) is 23.8 Å². The zero-order valence-corrected chi connectivity index (χ0v) is 11.0. The SMILES string of the molecule is COc1cc(C(C#N)=C(N)C=C(C#N)C#N)cc(O)c1O. The fourth-order valence-electron chi connectivity index (χ4n) is 1.51. The summed E-state index contributed by atoms with van der Waals surface area (Å²) in [4.78, 5) is 0. The monoisotopic (exact) mass is 282 g/mol. The van der Waals surface area contributed by atoms with Gasteiger partial charge in [-0.15, -0.1) is 0 Å². The van der Waals surface area contributed by atoms with Crippen LogP contribution in [0.3, 0.4) is 0 Å². The van der Waals surface area contributed by atoms with E-state index in [1.54, 1.807) is 12.1 Å². The summed E-state index contributed by atoms with van der Waals surface area (Å²) in [6.45, 7) is 0. The first-order valence-corrected chi connectivity index (χ1v) is 5.50. The van der Waals surface area contributed by atoms with Gasteiger partial charge in [-0.2, -0.15) is 15.8 Å². The van der Waals surface area contributed by atoms with Crippen LogP contribution in [0.2, 0.25) is 0 Å². The predicted octanol–water partition coefficient (Wildman–Crippen LogP) is 1.27. The Morgan fingerprint density at radius 3 is 2.29 bits per heavy atom. The highest BCUT2D eigenvalue weighted by molar-refractivity contribution is 5.83. The maximum absolute atomic E-state index is 9.59. The van der Waals surface area contributed by atoms with E-state index in [0.29, 0.717) is 0 Å². The molecule has 0 unspecified atom stereocenters. The van der Waals surface area contributed by atoms with Crippen LogP contribution in [-0.4, -0.2) is 17.3 Å². The molecule has 0 bridgehead atoms. The maximum atomic E-state index is 9.59. The second kappa shape index (κ2) is 6.51. The lowest BCUT2D eigenvalue weighted by Gasteiger charge is -2.09. The minimum Gasteiger partial charge on any atom is -0.504 e. The van der Waals surface area contributed by atoms with Gasteiger partial charge >= 0.3 is 0 Å². The summed E-state index contributed by atoms with van der Waals surface area (Å²) in [5.74, 6) is -1.01. The van der Waals surface area contributed by atoms with E-state index in [9.17, 15) is 10.2 Å². The van der Waals surface area contributed by atoms with E-state index in [-0.39, 0.29) is 28.2 Å². The van der Waals surface area contributed by atoms with Gasteiger partial charge in [0.05, 0.1) is 18.4 Å². The van der Waals surface area contributed by atoms with Crippen molar-refractivity contribution in [3.8, 4) is 35.5 Å². The Balaban J connectivity index is 3.53. The highest BCUT2D eigenvalue weighted by Crippen LogP contribution is 2.38. The topological polar surface area (TPSA) is 147 Å². The Labute approximate surface area is 120 Å². The lowest BCUT2D eigenvalue weighted by Crippen LogP contribution is -2.00. The number of ether oxygens (including phenoxy) is 1. The Bertz CT molecular complexity index is 742. The van der Waals surface area contributed by atoms with Crippen LogP contribution in [0.4, 0.5) is 0 Å². The lowest BCUT2D eigenvalue weighted by molar-refractivity contribution is 0.351. The zero-order valence-electron chi connectivity index (χ0n) is 11.0. The molecule has 0 aromatic heterocycles. The molecule has 0 spiro atoms. The number of phenolic OH excluding ortho intramolecular Hbond substituents is 2. The number of nitrogens with zero attached hydrogens (tertiary/aromatic N) is 3. The van der Waals surface area contributed by atoms with Crippen molar-refractivity contribution in [2.45, 2.75) is 0 Å². The smallest absolute Gasteiger partial charge is 0.200 e. The Morgan fingerprint density at radius 1 is 1.19 bits per heavy atom. The molecule has 0 saturated carbocycles. The Hall–Kier alpha value is -3.63. The van der Waals surface area contributed by atoms with Crippen LogP contribution in [0.15, 0.2) is 29.5 Å². The van der Waals surface area contributed by atoms with E-state index in [4.69, 9.17) is 26.3 Å². The van der Waals surface area contributed by atoms with Crippen LogP contribution in [0.1, 0.15) is 5.56 Å². The molecular weight excluding hydrogens is 272 g/mol. The van der Waals surface area contributed by atoms with Crippen LogP contribution in [0.5, 0.6) is 17.2 Å². The number of rotatable bonds is 3. The standard InChI is InChI=1S/C14H10N4O3/c1-21-13-4-9(3-12(19)14(13)20)10(7-17)11(18)2-8(5-15)6-16/h2-4,19-20H,18H2,1H3. The summed E-state index contributed by atoms with van der Waals surface area (Å²) in [6, 6.07) is 7.47. The second-order valence-corrected chi connectivity index (χ2v) is 3.77. The van der Waals surface area contributed by atoms with Gasteiger partial charge in [-0.3, -0.25) is 0 Å². The zero-order chi connectivity index (χ0) is 16.0. The number of aromatic hydroxyl groups is 2. The van der Waals surface area contributed by atoms with Gasteiger partial charge in [0.15, 0.2) is 11.5 Å². The van der Waals surface area contributed by atoms with Gasteiger partial charge in [-0.05, 0) is 18.2 Å². The van der Waals surface area contributed by atoms with Gasteiger partial charge in [0, 0.05) is 5.56 Å². The van der Waals surface area contributed by atoms with Crippen LogP contribution in [0, 0.1) is 34.0 Å². The largest absolute Gasteiger partial charge is 0.504 e. The maximum Gasteiger partial charge on any atom is 0.200 e. The third-order valence-corrected chi connectivity index (χ3v) is 2.50. The van der Waals surface area contributed by atoms with Crippen molar-refractivity contribution in [2.24, 2.45) is 5.73 Å². The first kappa shape index (κ1) is 15.4. The summed E-state index contributed by atoms with van der Waals surface area (Å²) >= 11 is 0. The predicted molar refractivity (Wildman–Crippen MR) is 72.4 cm³/mol. The lowest BCUT2D eigenvalue weighted by atomic mass is 10.0. The normalized spacial score (nSPS) is 10.4. The number of allylic oxidation sites excluding steroid dienone is 3. The van der Waals surface area contributed by atoms with Crippen molar-refractivity contribution < 1.29 is 14.9 Å². The Kier molecular flexibility index (Phi) is 4.78. The molecular formula is C14H10N4O3. The fraction of sp³-hybridized carbons (Fsp3) is 0.0714. The van der Waals surface area contributed by atoms with Crippen LogP contribution in [0.25, 0.3) is 5.57 Å². The molecule has 0 fully saturated rings. The molecule has 1 aromatic rings. The van der Waals surface area contributed by atoms with Gasteiger partial charge in [-0.25, -0.2) is 0 Å². The van der Waals surface area contributed by atoms with E-state index >= 15 is 0 Å². The molecule has 104 valence electrons. The highest BCUT2D eigenvalue weighted by atomic mass is 16.5. The molecule has 0 heterocycles. The number of nitrogens with two attached hydrogens (primary N) is 1. The minimum absolute atomic E-state index is 0.0460. The summed E-state index contributed by atoms with van der Waals surface area (Å²) in [7, 11) is 1.28.